The van der Waals surface area contributed by atoms with Crippen LogP contribution in [-0.2, 0) is 6.54 Å². The number of amidine groups is 2. The Morgan fingerprint density at radius 2 is 1.42 bits per heavy atom. The Balaban J connectivity index is 1.29. The highest BCUT2D eigenvalue weighted by Gasteiger charge is 2.26. The third kappa shape index (κ3) is 3.86. The lowest BCUT2D eigenvalue weighted by atomic mass is 9.95. The molecule has 0 spiro atoms. The van der Waals surface area contributed by atoms with E-state index in [1.807, 2.05) is 18.3 Å². The molecule has 0 saturated carbocycles. The number of hydrogen-bond donors (Lipinski definition) is 2. The molecule has 0 bridgehead atoms. The number of fused-ring (bicyclic) bond motifs is 7. The number of nitrogens with zero attached hydrogens (tertiary/aromatic N) is 2. The highest BCUT2D eigenvalue weighted by atomic mass is 16.3. The molecule has 0 saturated heterocycles. The minimum atomic E-state index is -0.442. The smallest absolute Gasteiger partial charge is 0.170 e. The van der Waals surface area contributed by atoms with Gasteiger partial charge in [-0.05, 0) is 62.8 Å². The van der Waals surface area contributed by atoms with E-state index in [4.69, 9.17) is 14.4 Å². The van der Waals surface area contributed by atoms with Gasteiger partial charge in [-0.2, -0.15) is 0 Å². The molecule has 0 fully saturated rings. The van der Waals surface area contributed by atoms with Crippen molar-refractivity contribution in [2.75, 3.05) is 0 Å². The molecule has 2 aliphatic rings. The molecule has 0 radical (unpaired) electrons. The van der Waals surface area contributed by atoms with E-state index in [2.05, 4.69) is 120 Å². The Morgan fingerprint density at radius 1 is 0.651 bits per heavy atom. The van der Waals surface area contributed by atoms with Crippen LogP contribution in [0.3, 0.4) is 0 Å². The second-order valence-electron chi connectivity index (χ2n) is 11.1. The first-order valence-electron chi connectivity index (χ1n) is 14.6. The van der Waals surface area contributed by atoms with E-state index in [1.54, 1.807) is 0 Å². The lowest BCUT2D eigenvalue weighted by molar-refractivity contribution is 0.532. The molecule has 0 amide bonds. The van der Waals surface area contributed by atoms with Crippen molar-refractivity contribution < 1.29 is 4.42 Å². The van der Waals surface area contributed by atoms with E-state index >= 15 is 0 Å². The molecular formula is C38H26N4O. The third-order valence-corrected chi connectivity index (χ3v) is 8.56. The largest absolute Gasteiger partial charge is 0.459 e. The minimum absolute atomic E-state index is 0.442. The number of rotatable bonds is 3. The normalized spacial score (nSPS) is 16.1. The van der Waals surface area contributed by atoms with Crippen LogP contribution in [0.5, 0.6) is 0 Å². The van der Waals surface area contributed by atoms with Gasteiger partial charge in [0.25, 0.3) is 0 Å². The molecule has 3 heterocycles. The molecule has 1 aromatic heterocycles. The second kappa shape index (κ2) is 9.43. The highest BCUT2D eigenvalue weighted by molar-refractivity contribution is 6.21. The van der Waals surface area contributed by atoms with Gasteiger partial charge < -0.3 is 15.1 Å². The lowest BCUT2D eigenvalue weighted by Crippen LogP contribution is -2.36. The number of hydrogen-bond acceptors (Lipinski definition) is 5. The molecule has 2 aliphatic heterocycles. The maximum absolute atomic E-state index is 6.27. The molecule has 2 N–H and O–H groups in total. The van der Waals surface area contributed by atoms with E-state index in [9.17, 15) is 0 Å². The third-order valence-electron chi connectivity index (χ3n) is 8.56. The molecule has 43 heavy (non-hydrogen) atoms. The van der Waals surface area contributed by atoms with Gasteiger partial charge in [0.1, 0.15) is 23.0 Å². The van der Waals surface area contributed by atoms with Gasteiger partial charge in [-0.15, -0.1) is 0 Å². The van der Waals surface area contributed by atoms with Crippen molar-refractivity contribution in [3.05, 3.63) is 149 Å². The van der Waals surface area contributed by atoms with Crippen LogP contribution in [0.15, 0.2) is 136 Å². The van der Waals surface area contributed by atoms with Crippen LogP contribution in [0, 0.1) is 0 Å². The van der Waals surface area contributed by atoms with Crippen molar-refractivity contribution in [2.45, 2.75) is 12.7 Å². The summed E-state index contributed by atoms with van der Waals surface area (Å²) in [5.74, 6) is 2.51. The topological polar surface area (TPSA) is 61.9 Å². The standard InChI is InChI=1S/C38H26N4O/c1-2-9-24-20-26(17-16-23(24)8-1)36-40-37(31-14-7-15-33-35(31)30-18-19-39-22-34(30)43-33)42-38(41-36)32-21-25-10-3-4-11-27(25)28-12-5-6-13-29(28)32/h1-21,38-39H,22H2,(H,40,41,42). The lowest BCUT2D eigenvalue weighted by Gasteiger charge is -2.24. The fourth-order valence-electron chi connectivity index (χ4n) is 6.53. The summed E-state index contributed by atoms with van der Waals surface area (Å²) in [4.78, 5) is 10.6. The van der Waals surface area contributed by atoms with Gasteiger partial charge in [0.2, 0.25) is 0 Å². The Morgan fingerprint density at radius 3 is 2.33 bits per heavy atom. The van der Waals surface area contributed by atoms with Crippen LogP contribution in [0.25, 0.3) is 49.4 Å². The second-order valence-corrected chi connectivity index (χ2v) is 11.1. The summed E-state index contributed by atoms with van der Waals surface area (Å²) in [6.07, 6.45) is 3.63. The molecule has 6 aromatic carbocycles. The van der Waals surface area contributed by atoms with Crippen molar-refractivity contribution >= 4 is 61.0 Å². The molecule has 5 heteroatoms. The zero-order valence-corrected chi connectivity index (χ0v) is 23.2. The Hall–Kier alpha value is -5.68. The fourth-order valence-corrected chi connectivity index (χ4v) is 6.53. The van der Waals surface area contributed by atoms with Crippen molar-refractivity contribution in [1.82, 2.24) is 10.6 Å². The fraction of sp³-hybridized carbons (Fsp3) is 0.0526. The molecule has 5 nitrogen and oxygen atoms in total. The summed E-state index contributed by atoms with van der Waals surface area (Å²) in [5, 5.41) is 15.1. The summed E-state index contributed by atoms with van der Waals surface area (Å²) in [5.41, 5.74) is 5.04. The zero-order valence-electron chi connectivity index (χ0n) is 23.2. The molecule has 204 valence electrons. The summed E-state index contributed by atoms with van der Waals surface area (Å²) in [7, 11) is 0. The van der Waals surface area contributed by atoms with Gasteiger partial charge in [0, 0.05) is 27.6 Å². The quantitative estimate of drug-likeness (QED) is 0.215. The van der Waals surface area contributed by atoms with Gasteiger partial charge in [-0.1, -0.05) is 97.1 Å². The predicted octanol–water partition coefficient (Wildman–Crippen LogP) is 8.46. The first kappa shape index (κ1) is 24.0. The average molecular weight is 555 g/mol. The minimum Gasteiger partial charge on any atom is -0.459 e. The zero-order chi connectivity index (χ0) is 28.3. The molecule has 1 atom stereocenters. The van der Waals surface area contributed by atoms with Crippen LogP contribution in [0.2, 0.25) is 0 Å². The molecule has 7 aromatic rings. The number of aliphatic imine (C=N–C) groups is 2. The van der Waals surface area contributed by atoms with Crippen molar-refractivity contribution in [2.24, 2.45) is 9.98 Å². The van der Waals surface area contributed by atoms with Crippen LogP contribution in [-0.4, -0.2) is 11.7 Å². The SMILES string of the molecule is C1=Cc2c(oc3cccc(C4=NC(c5cc6ccccc6c6ccccc56)N=C(c5ccc6ccccc6c5)N4)c23)CN1. The van der Waals surface area contributed by atoms with Crippen LogP contribution >= 0.6 is 0 Å². The van der Waals surface area contributed by atoms with Crippen LogP contribution < -0.4 is 10.6 Å². The first-order valence-corrected chi connectivity index (χ1v) is 14.6. The summed E-state index contributed by atoms with van der Waals surface area (Å²) in [6.45, 7) is 0.662. The number of furan rings is 1. The van der Waals surface area contributed by atoms with E-state index in [-0.39, 0.29) is 0 Å². The first-order chi connectivity index (χ1) is 21.3. The van der Waals surface area contributed by atoms with Gasteiger partial charge in [0.15, 0.2) is 6.17 Å². The Kier molecular flexibility index (Phi) is 5.26. The van der Waals surface area contributed by atoms with Gasteiger partial charge in [0.05, 0.1) is 6.54 Å². The summed E-state index contributed by atoms with van der Waals surface area (Å²) < 4.78 is 6.27. The van der Waals surface area contributed by atoms with Crippen LogP contribution in [0.4, 0.5) is 0 Å². The maximum Gasteiger partial charge on any atom is 0.170 e. The molecule has 1 unspecified atom stereocenters. The monoisotopic (exact) mass is 554 g/mol. The van der Waals surface area contributed by atoms with Crippen molar-refractivity contribution in [3.8, 4) is 0 Å². The maximum atomic E-state index is 6.27. The predicted molar refractivity (Wildman–Crippen MR) is 176 cm³/mol. The molecule has 0 aliphatic carbocycles. The molecule has 9 rings (SSSR count). The number of nitrogens with one attached hydrogen (secondary N) is 2. The van der Waals surface area contributed by atoms with Crippen molar-refractivity contribution in [1.29, 1.82) is 0 Å². The van der Waals surface area contributed by atoms with E-state index in [1.165, 1.54) is 26.9 Å². The van der Waals surface area contributed by atoms with E-state index in [0.717, 1.165) is 56.0 Å². The average Bonchev–Trinajstić information content (AvgIpc) is 3.46. The Labute approximate surface area is 247 Å². The number of benzene rings is 6. The Bertz CT molecular complexity index is 2340. The molecular weight excluding hydrogens is 528 g/mol. The van der Waals surface area contributed by atoms with Crippen LogP contribution in [0.1, 0.15) is 34.2 Å². The summed E-state index contributed by atoms with van der Waals surface area (Å²) >= 11 is 0. The van der Waals surface area contributed by atoms with E-state index in [0.29, 0.717) is 6.54 Å². The van der Waals surface area contributed by atoms with Crippen molar-refractivity contribution in [3.63, 3.8) is 0 Å². The van der Waals surface area contributed by atoms with Gasteiger partial charge >= 0.3 is 0 Å². The summed E-state index contributed by atoms with van der Waals surface area (Å²) in [6, 6.07) is 40.5. The van der Waals surface area contributed by atoms with Gasteiger partial charge in [-0.25, -0.2) is 9.98 Å². The van der Waals surface area contributed by atoms with E-state index < -0.39 is 6.17 Å². The van der Waals surface area contributed by atoms with Gasteiger partial charge in [-0.3, -0.25) is 0 Å². The highest BCUT2D eigenvalue weighted by Crippen LogP contribution is 2.37.